The van der Waals surface area contributed by atoms with Gasteiger partial charge in [0.2, 0.25) is 5.91 Å². The number of aliphatic hydroxyl groups excluding tert-OH is 1. The predicted octanol–water partition coefficient (Wildman–Crippen LogP) is 0.748. The van der Waals surface area contributed by atoms with E-state index < -0.39 is 11.1 Å². The van der Waals surface area contributed by atoms with E-state index in [0.717, 1.165) is 5.56 Å². The molecule has 0 radical (unpaired) electrons. The van der Waals surface area contributed by atoms with E-state index in [9.17, 15) is 9.90 Å². The van der Waals surface area contributed by atoms with Gasteiger partial charge in [-0.3, -0.25) is 4.79 Å². The average molecular weight is 236 g/mol. The van der Waals surface area contributed by atoms with Crippen molar-refractivity contribution in [1.82, 2.24) is 5.32 Å². The number of rotatable bonds is 4. The molecule has 94 valence electrons. The SMILES string of the molecule is CC(C)(N)C(=O)NC(C)(CO)c1ccccc1. The second kappa shape index (κ2) is 4.85. The molecule has 1 unspecified atom stereocenters. The zero-order valence-electron chi connectivity index (χ0n) is 10.5. The van der Waals surface area contributed by atoms with Crippen LogP contribution in [0.15, 0.2) is 30.3 Å². The number of aliphatic hydroxyl groups is 1. The average Bonchev–Trinajstić information content (AvgIpc) is 2.28. The topological polar surface area (TPSA) is 75.4 Å². The van der Waals surface area contributed by atoms with E-state index in [1.807, 2.05) is 30.3 Å². The molecule has 0 aromatic heterocycles. The molecule has 0 bridgehead atoms. The molecule has 0 aliphatic heterocycles. The van der Waals surface area contributed by atoms with E-state index in [2.05, 4.69) is 5.32 Å². The normalized spacial score (nSPS) is 15.1. The third-order valence-electron chi connectivity index (χ3n) is 2.70. The summed E-state index contributed by atoms with van der Waals surface area (Å²) in [5, 5.41) is 12.3. The third kappa shape index (κ3) is 3.28. The second-order valence-corrected chi connectivity index (χ2v) is 5.03. The van der Waals surface area contributed by atoms with Gasteiger partial charge in [0.1, 0.15) is 0 Å². The van der Waals surface area contributed by atoms with Crippen LogP contribution in [0, 0.1) is 0 Å². The largest absolute Gasteiger partial charge is 0.394 e. The first-order valence-electron chi connectivity index (χ1n) is 5.57. The second-order valence-electron chi connectivity index (χ2n) is 5.03. The van der Waals surface area contributed by atoms with Crippen LogP contribution in [-0.2, 0) is 10.3 Å². The number of hydrogen-bond acceptors (Lipinski definition) is 3. The fraction of sp³-hybridized carbons (Fsp3) is 0.462. The summed E-state index contributed by atoms with van der Waals surface area (Å²) in [6, 6.07) is 9.34. The molecule has 1 aromatic rings. The van der Waals surface area contributed by atoms with Crippen LogP contribution < -0.4 is 11.1 Å². The fourth-order valence-corrected chi connectivity index (χ4v) is 1.42. The highest BCUT2D eigenvalue weighted by molar-refractivity contribution is 5.85. The molecule has 1 atom stereocenters. The maximum Gasteiger partial charge on any atom is 0.240 e. The van der Waals surface area contributed by atoms with Gasteiger partial charge < -0.3 is 16.2 Å². The van der Waals surface area contributed by atoms with Crippen molar-refractivity contribution in [3.8, 4) is 0 Å². The van der Waals surface area contributed by atoms with E-state index in [0.29, 0.717) is 0 Å². The van der Waals surface area contributed by atoms with Crippen LogP contribution in [0.2, 0.25) is 0 Å². The lowest BCUT2D eigenvalue weighted by Crippen LogP contribution is -2.56. The molecule has 0 spiro atoms. The molecule has 4 N–H and O–H groups in total. The van der Waals surface area contributed by atoms with Crippen LogP contribution >= 0.6 is 0 Å². The van der Waals surface area contributed by atoms with Crippen LogP contribution in [0.1, 0.15) is 26.3 Å². The van der Waals surface area contributed by atoms with Gasteiger partial charge in [0.15, 0.2) is 0 Å². The van der Waals surface area contributed by atoms with E-state index in [1.54, 1.807) is 20.8 Å². The lowest BCUT2D eigenvalue weighted by atomic mass is 9.91. The molecule has 4 nitrogen and oxygen atoms in total. The minimum absolute atomic E-state index is 0.182. The summed E-state index contributed by atoms with van der Waals surface area (Å²) >= 11 is 0. The van der Waals surface area contributed by atoms with Gasteiger partial charge in [-0.2, -0.15) is 0 Å². The molecule has 0 saturated heterocycles. The van der Waals surface area contributed by atoms with Crippen molar-refractivity contribution >= 4 is 5.91 Å². The monoisotopic (exact) mass is 236 g/mol. The number of hydrogen-bond donors (Lipinski definition) is 3. The molecule has 0 aliphatic rings. The zero-order valence-corrected chi connectivity index (χ0v) is 10.5. The van der Waals surface area contributed by atoms with Crippen LogP contribution in [0.25, 0.3) is 0 Å². The van der Waals surface area contributed by atoms with Gasteiger partial charge in [0, 0.05) is 0 Å². The van der Waals surface area contributed by atoms with Gasteiger partial charge in [-0.25, -0.2) is 0 Å². The highest BCUT2D eigenvalue weighted by Crippen LogP contribution is 2.20. The molecular weight excluding hydrogens is 216 g/mol. The first-order valence-corrected chi connectivity index (χ1v) is 5.57. The molecule has 1 amide bonds. The highest BCUT2D eigenvalue weighted by atomic mass is 16.3. The molecule has 0 aliphatic carbocycles. The van der Waals surface area contributed by atoms with Crippen LogP contribution in [-0.4, -0.2) is 23.2 Å². The van der Waals surface area contributed by atoms with Crippen molar-refractivity contribution in [1.29, 1.82) is 0 Å². The molecule has 1 rings (SSSR count). The van der Waals surface area contributed by atoms with E-state index in [1.165, 1.54) is 0 Å². The van der Waals surface area contributed by atoms with Crippen molar-refractivity contribution in [2.24, 2.45) is 5.73 Å². The van der Waals surface area contributed by atoms with E-state index >= 15 is 0 Å². The molecule has 0 saturated carbocycles. The molecule has 4 heteroatoms. The Bertz CT molecular complexity index is 384. The summed E-state index contributed by atoms with van der Waals surface area (Å²) in [6.07, 6.45) is 0. The summed E-state index contributed by atoms with van der Waals surface area (Å²) in [6.45, 7) is 4.85. The van der Waals surface area contributed by atoms with Gasteiger partial charge in [0.25, 0.3) is 0 Å². The van der Waals surface area contributed by atoms with Crippen LogP contribution in [0.4, 0.5) is 0 Å². The summed E-state index contributed by atoms with van der Waals surface area (Å²) in [5.74, 6) is -0.294. The summed E-state index contributed by atoms with van der Waals surface area (Å²) in [5.41, 5.74) is 4.80. The molecule has 0 fully saturated rings. The number of carbonyl (C=O) groups is 1. The third-order valence-corrected chi connectivity index (χ3v) is 2.70. The minimum Gasteiger partial charge on any atom is -0.394 e. The lowest BCUT2D eigenvalue weighted by molar-refractivity contribution is -0.127. The molecule has 0 heterocycles. The van der Waals surface area contributed by atoms with Crippen molar-refractivity contribution in [3.63, 3.8) is 0 Å². The lowest BCUT2D eigenvalue weighted by Gasteiger charge is -2.32. The van der Waals surface area contributed by atoms with E-state index in [4.69, 9.17) is 5.73 Å². The number of nitrogens with one attached hydrogen (secondary N) is 1. The number of carbonyl (C=O) groups excluding carboxylic acids is 1. The van der Waals surface area contributed by atoms with Crippen LogP contribution in [0.5, 0.6) is 0 Å². The fourth-order valence-electron chi connectivity index (χ4n) is 1.42. The minimum atomic E-state index is -0.967. The highest BCUT2D eigenvalue weighted by Gasteiger charge is 2.32. The Balaban J connectivity index is 2.95. The van der Waals surface area contributed by atoms with E-state index in [-0.39, 0.29) is 12.5 Å². The maximum absolute atomic E-state index is 11.9. The van der Waals surface area contributed by atoms with Gasteiger partial charge in [-0.15, -0.1) is 0 Å². The Morgan fingerprint density at radius 3 is 2.24 bits per heavy atom. The number of amides is 1. The number of nitrogens with two attached hydrogens (primary N) is 1. The van der Waals surface area contributed by atoms with Gasteiger partial charge >= 0.3 is 0 Å². The number of benzene rings is 1. The van der Waals surface area contributed by atoms with Crippen molar-refractivity contribution in [2.45, 2.75) is 31.8 Å². The quantitative estimate of drug-likeness (QED) is 0.722. The Labute approximate surface area is 102 Å². The smallest absolute Gasteiger partial charge is 0.240 e. The maximum atomic E-state index is 11.9. The first-order chi connectivity index (χ1) is 7.79. The van der Waals surface area contributed by atoms with Crippen molar-refractivity contribution in [2.75, 3.05) is 6.61 Å². The Morgan fingerprint density at radius 1 is 1.29 bits per heavy atom. The molecule has 1 aromatic carbocycles. The van der Waals surface area contributed by atoms with Gasteiger partial charge in [-0.05, 0) is 26.3 Å². The summed E-state index contributed by atoms with van der Waals surface area (Å²) in [7, 11) is 0. The van der Waals surface area contributed by atoms with Crippen LogP contribution in [0.3, 0.4) is 0 Å². The predicted molar refractivity (Wildman–Crippen MR) is 67.3 cm³/mol. The van der Waals surface area contributed by atoms with Crippen molar-refractivity contribution < 1.29 is 9.90 Å². The molecule has 17 heavy (non-hydrogen) atoms. The van der Waals surface area contributed by atoms with Gasteiger partial charge in [-0.1, -0.05) is 30.3 Å². The standard InChI is InChI=1S/C13H20N2O2/c1-12(2,14)11(17)15-13(3,9-16)10-7-5-4-6-8-10/h4-8,16H,9,14H2,1-3H3,(H,15,17). The summed E-state index contributed by atoms with van der Waals surface area (Å²) < 4.78 is 0. The zero-order chi connectivity index (χ0) is 13.1. The van der Waals surface area contributed by atoms with Crippen molar-refractivity contribution in [3.05, 3.63) is 35.9 Å². The van der Waals surface area contributed by atoms with Gasteiger partial charge in [0.05, 0.1) is 17.7 Å². The Kier molecular flexibility index (Phi) is 3.91. The Morgan fingerprint density at radius 2 is 1.82 bits per heavy atom. The first kappa shape index (κ1) is 13.7. The Hall–Kier alpha value is -1.39. The molecular formula is C13H20N2O2. The summed E-state index contributed by atoms with van der Waals surface area (Å²) in [4.78, 5) is 11.9.